The number of ether oxygens (including phenoxy) is 3. The van der Waals surface area contributed by atoms with Gasteiger partial charge in [-0.2, -0.15) is 15.0 Å². The Morgan fingerprint density at radius 3 is 2.20 bits per heavy atom. The van der Waals surface area contributed by atoms with Crippen molar-refractivity contribution >= 4 is 29.1 Å². The van der Waals surface area contributed by atoms with E-state index < -0.39 is 5.91 Å². The number of halogens is 1. The van der Waals surface area contributed by atoms with E-state index in [-0.39, 0.29) is 34.8 Å². The number of aromatic hydroxyl groups is 1. The minimum absolute atomic E-state index is 0.0727. The zero-order chi connectivity index (χ0) is 21.7. The first kappa shape index (κ1) is 21.0. The fourth-order valence-electron chi connectivity index (χ4n) is 2.56. The molecule has 2 N–H and O–H groups in total. The monoisotopic (exact) mass is 430 g/mol. The molecule has 0 aliphatic heterocycles. The smallest absolute Gasteiger partial charge is 0.287 e. The fourth-order valence-corrected chi connectivity index (χ4v) is 2.69. The SMILES string of the molecule is COc1cc(OC)nc(N(Nc2ccc(Cl)cc2)C(=O)c2c(O)cccc2OC)n1. The number of phenols is 1. The Bertz CT molecular complexity index is 1020. The quantitative estimate of drug-likeness (QED) is 0.548. The minimum Gasteiger partial charge on any atom is -0.507 e. The second-order valence-electron chi connectivity index (χ2n) is 5.87. The highest BCUT2D eigenvalue weighted by Crippen LogP contribution is 2.31. The van der Waals surface area contributed by atoms with E-state index in [1.165, 1.54) is 33.5 Å². The molecule has 30 heavy (non-hydrogen) atoms. The van der Waals surface area contributed by atoms with Crippen molar-refractivity contribution < 1.29 is 24.1 Å². The number of benzene rings is 2. The van der Waals surface area contributed by atoms with Crippen LogP contribution in [0.5, 0.6) is 23.3 Å². The van der Waals surface area contributed by atoms with Gasteiger partial charge in [-0.1, -0.05) is 17.7 Å². The average molecular weight is 431 g/mol. The van der Waals surface area contributed by atoms with Gasteiger partial charge in [0.2, 0.25) is 11.8 Å². The van der Waals surface area contributed by atoms with E-state index in [0.29, 0.717) is 10.7 Å². The molecule has 0 aliphatic rings. The van der Waals surface area contributed by atoms with Crippen molar-refractivity contribution in [3.8, 4) is 23.3 Å². The van der Waals surface area contributed by atoms with Gasteiger partial charge < -0.3 is 19.3 Å². The molecule has 3 aromatic rings. The lowest BCUT2D eigenvalue weighted by Gasteiger charge is -2.24. The maximum Gasteiger partial charge on any atom is 0.287 e. The zero-order valence-corrected chi connectivity index (χ0v) is 17.2. The number of nitrogens with zero attached hydrogens (tertiary/aromatic N) is 3. The number of carbonyl (C=O) groups is 1. The first-order valence-corrected chi connectivity index (χ1v) is 9.04. The number of aromatic nitrogens is 2. The maximum absolute atomic E-state index is 13.5. The van der Waals surface area contributed by atoms with Crippen molar-refractivity contribution in [1.82, 2.24) is 9.97 Å². The first-order chi connectivity index (χ1) is 14.5. The number of hydrazine groups is 1. The number of rotatable bonds is 7. The molecule has 0 spiro atoms. The van der Waals surface area contributed by atoms with Gasteiger partial charge in [0.05, 0.1) is 33.1 Å². The highest BCUT2D eigenvalue weighted by atomic mass is 35.5. The van der Waals surface area contributed by atoms with Gasteiger partial charge in [-0.3, -0.25) is 10.2 Å². The molecule has 0 bridgehead atoms. The summed E-state index contributed by atoms with van der Waals surface area (Å²) < 4.78 is 15.6. The summed E-state index contributed by atoms with van der Waals surface area (Å²) in [6.07, 6.45) is 0. The highest BCUT2D eigenvalue weighted by Gasteiger charge is 2.28. The zero-order valence-electron chi connectivity index (χ0n) is 16.4. The minimum atomic E-state index is -0.671. The molecule has 1 aromatic heterocycles. The molecule has 0 saturated carbocycles. The molecule has 9 nitrogen and oxygen atoms in total. The summed E-state index contributed by atoms with van der Waals surface area (Å²) in [6.45, 7) is 0. The van der Waals surface area contributed by atoms with E-state index in [1.807, 2.05) is 0 Å². The number of hydrogen-bond acceptors (Lipinski definition) is 8. The van der Waals surface area contributed by atoms with Gasteiger partial charge >= 0.3 is 0 Å². The number of amides is 1. The van der Waals surface area contributed by atoms with Crippen molar-refractivity contribution in [2.24, 2.45) is 0 Å². The Balaban J connectivity index is 2.13. The molecule has 0 atom stereocenters. The van der Waals surface area contributed by atoms with Crippen LogP contribution in [0.1, 0.15) is 10.4 Å². The van der Waals surface area contributed by atoms with Crippen LogP contribution in [0.15, 0.2) is 48.5 Å². The largest absolute Gasteiger partial charge is 0.507 e. The van der Waals surface area contributed by atoms with Crippen molar-refractivity contribution in [3.63, 3.8) is 0 Å². The molecule has 10 heteroatoms. The molecular weight excluding hydrogens is 412 g/mol. The molecule has 0 saturated heterocycles. The van der Waals surface area contributed by atoms with Crippen LogP contribution < -0.4 is 24.6 Å². The predicted octanol–water partition coefficient (Wildman–Crippen LogP) is 3.54. The van der Waals surface area contributed by atoms with Gasteiger partial charge in [-0.25, -0.2) is 0 Å². The van der Waals surface area contributed by atoms with Gasteiger partial charge in [0.15, 0.2) is 0 Å². The van der Waals surface area contributed by atoms with Crippen LogP contribution in [0, 0.1) is 0 Å². The number of phenolic OH excluding ortho intramolecular Hbond substituents is 1. The summed E-state index contributed by atoms with van der Waals surface area (Å²) in [5, 5.41) is 11.9. The van der Waals surface area contributed by atoms with E-state index in [1.54, 1.807) is 36.4 Å². The van der Waals surface area contributed by atoms with Crippen LogP contribution in [-0.4, -0.2) is 42.3 Å². The molecular formula is C20H19ClN4O5. The number of hydrogen-bond donors (Lipinski definition) is 2. The summed E-state index contributed by atoms with van der Waals surface area (Å²) >= 11 is 5.95. The Morgan fingerprint density at radius 2 is 1.63 bits per heavy atom. The number of carbonyl (C=O) groups excluding carboxylic acids is 1. The van der Waals surface area contributed by atoms with E-state index in [4.69, 9.17) is 25.8 Å². The second-order valence-corrected chi connectivity index (χ2v) is 6.30. The van der Waals surface area contributed by atoms with Crippen molar-refractivity contribution in [2.75, 3.05) is 31.8 Å². The van der Waals surface area contributed by atoms with Crippen LogP contribution in [0.4, 0.5) is 11.6 Å². The van der Waals surface area contributed by atoms with Crippen molar-refractivity contribution in [2.45, 2.75) is 0 Å². The summed E-state index contributed by atoms with van der Waals surface area (Å²) in [5.74, 6) is -0.477. The molecule has 0 unspecified atom stereocenters. The molecule has 156 valence electrons. The molecule has 0 fully saturated rings. The lowest BCUT2D eigenvalue weighted by Crippen LogP contribution is -2.38. The summed E-state index contributed by atoms with van der Waals surface area (Å²) in [5.41, 5.74) is 3.37. The molecule has 3 rings (SSSR count). The lowest BCUT2D eigenvalue weighted by atomic mass is 10.1. The number of anilines is 2. The van der Waals surface area contributed by atoms with Gasteiger partial charge in [-0.15, -0.1) is 0 Å². The van der Waals surface area contributed by atoms with Crippen LogP contribution >= 0.6 is 11.6 Å². The molecule has 0 radical (unpaired) electrons. The average Bonchev–Trinajstić information content (AvgIpc) is 2.77. The predicted molar refractivity (Wildman–Crippen MR) is 112 cm³/mol. The number of methoxy groups -OCH3 is 3. The molecule has 0 aliphatic carbocycles. The Morgan fingerprint density at radius 1 is 1.00 bits per heavy atom. The Labute approximate surface area is 177 Å². The number of nitrogens with one attached hydrogen (secondary N) is 1. The first-order valence-electron chi connectivity index (χ1n) is 8.66. The van der Waals surface area contributed by atoms with Crippen LogP contribution in [-0.2, 0) is 0 Å². The third-order valence-electron chi connectivity index (χ3n) is 4.01. The van der Waals surface area contributed by atoms with Gasteiger partial charge in [0.1, 0.15) is 17.1 Å². The molecule has 2 aromatic carbocycles. The fraction of sp³-hybridized carbons (Fsp3) is 0.150. The third-order valence-corrected chi connectivity index (χ3v) is 4.26. The van der Waals surface area contributed by atoms with E-state index in [9.17, 15) is 9.90 Å². The second kappa shape index (κ2) is 9.19. The summed E-state index contributed by atoms with van der Waals surface area (Å²) in [7, 11) is 4.25. The Hall–Kier alpha value is -3.72. The third kappa shape index (κ3) is 4.47. The molecule has 1 heterocycles. The van der Waals surface area contributed by atoms with E-state index in [2.05, 4.69) is 15.4 Å². The van der Waals surface area contributed by atoms with Gasteiger partial charge in [0.25, 0.3) is 11.9 Å². The summed E-state index contributed by atoms with van der Waals surface area (Å²) in [6, 6.07) is 12.6. The summed E-state index contributed by atoms with van der Waals surface area (Å²) in [4.78, 5) is 21.9. The van der Waals surface area contributed by atoms with Crippen LogP contribution in [0.25, 0.3) is 0 Å². The Kier molecular flexibility index (Phi) is 6.43. The topological polar surface area (TPSA) is 106 Å². The van der Waals surface area contributed by atoms with E-state index >= 15 is 0 Å². The van der Waals surface area contributed by atoms with E-state index in [0.717, 1.165) is 5.01 Å². The lowest BCUT2D eigenvalue weighted by molar-refractivity contribution is 0.0985. The van der Waals surface area contributed by atoms with Crippen LogP contribution in [0.3, 0.4) is 0 Å². The molecule has 1 amide bonds. The van der Waals surface area contributed by atoms with Crippen molar-refractivity contribution in [3.05, 3.63) is 59.1 Å². The standard InChI is InChI=1S/C20H19ClN4O5/c1-28-15-6-4-5-14(26)18(15)19(27)25(24-13-9-7-12(21)8-10-13)20-22-16(29-2)11-17(23-20)30-3/h4-11,24,26H,1-3H3. The normalized spacial score (nSPS) is 10.3. The van der Waals surface area contributed by atoms with Gasteiger partial charge in [0, 0.05) is 5.02 Å². The maximum atomic E-state index is 13.5. The van der Waals surface area contributed by atoms with Gasteiger partial charge in [-0.05, 0) is 36.4 Å². The van der Waals surface area contributed by atoms with Crippen molar-refractivity contribution in [1.29, 1.82) is 0 Å². The highest BCUT2D eigenvalue weighted by molar-refractivity contribution is 6.30. The van der Waals surface area contributed by atoms with Crippen LogP contribution in [0.2, 0.25) is 5.02 Å².